The minimum Gasteiger partial charge on any atom is -0.272 e. The predicted octanol–water partition coefficient (Wildman–Crippen LogP) is 4.46. The van der Waals surface area contributed by atoms with E-state index in [1.165, 1.54) is 24.3 Å². The van der Waals surface area contributed by atoms with Gasteiger partial charge in [0.25, 0.3) is 17.7 Å². The molecule has 0 spiro atoms. The third kappa shape index (κ3) is 3.72. The lowest BCUT2D eigenvalue weighted by Gasteiger charge is -2.30. The second kappa shape index (κ2) is 8.19. The Morgan fingerprint density at radius 3 is 2.43 bits per heavy atom. The number of benzene rings is 2. The fourth-order valence-electron chi connectivity index (χ4n) is 4.37. The molecule has 3 atom stereocenters. The third-order valence-corrected chi connectivity index (χ3v) is 6.26. The molecule has 0 aromatic heterocycles. The highest BCUT2D eigenvalue weighted by atomic mass is 35.5. The van der Waals surface area contributed by atoms with Crippen LogP contribution in [0.25, 0.3) is 0 Å². The molecular formula is C23H22ClFN2O3. The van der Waals surface area contributed by atoms with Crippen molar-refractivity contribution in [3.63, 3.8) is 0 Å². The summed E-state index contributed by atoms with van der Waals surface area (Å²) < 4.78 is 14.4. The van der Waals surface area contributed by atoms with E-state index >= 15 is 0 Å². The van der Waals surface area contributed by atoms with E-state index < -0.39 is 23.6 Å². The molecule has 1 aliphatic carbocycles. The molecule has 2 aliphatic rings. The van der Waals surface area contributed by atoms with E-state index in [9.17, 15) is 18.8 Å². The molecule has 0 radical (unpaired) electrons. The zero-order valence-electron chi connectivity index (χ0n) is 16.6. The number of carbonyl (C=O) groups excluding carboxylic acids is 3. The minimum absolute atomic E-state index is 0.222. The Balaban J connectivity index is 1.72. The summed E-state index contributed by atoms with van der Waals surface area (Å²) in [5, 5.41) is 2.49. The number of carbonyl (C=O) groups is 3. The second-order valence-corrected chi connectivity index (χ2v) is 8.52. The molecule has 1 saturated carbocycles. The summed E-state index contributed by atoms with van der Waals surface area (Å²) in [6, 6.07) is 12.2. The van der Waals surface area contributed by atoms with Crippen molar-refractivity contribution >= 4 is 29.3 Å². The van der Waals surface area contributed by atoms with Gasteiger partial charge in [0, 0.05) is 16.1 Å². The number of hydrogen-bond donors (Lipinski definition) is 0. The summed E-state index contributed by atoms with van der Waals surface area (Å²) >= 11 is 5.92. The van der Waals surface area contributed by atoms with Crippen LogP contribution < -0.4 is 0 Å². The van der Waals surface area contributed by atoms with Gasteiger partial charge in [-0.25, -0.2) is 9.40 Å². The van der Waals surface area contributed by atoms with Gasteiger partial charge in [0.2, 0.25) is 0 Å². The van der Waals surface area contributed by atoms with Crippen LogP contribution in [0.1, 0.15) is 42.1 Å². The Hall–Kier alpha value is -2.73. The maximum atomic E-state index is 14.4. The molecule has 0 bridgehead atoms. The fourth-order valence-corrected chi connectivity index (χ4v) is 4.50. The summed E-state index contributed by atoms with van der Waals surface area (Å²) in [4.78, 5) is 39.7. The molecule has 1 aliphatic heterocycles. The van der Waals surface area contributed by atoms with Crippen LogP contribution in [-0.4, -0.2) is 27.7 Å². The molecule has 2 aromatic rings. The van der Waals surface area contributed by atoms with Crippen LogP contribution in [0.2, 0.25) is 5.02 Å². The highest BCUT2D eigenvalue weighted by molar-refractivity contribution is 6.30. The van der Waals surface area contributed by atoms with Crippen molar-refractivity contribution in [3.8, 4) is 0 Å². The number of hydrogen-bond acceptors (Lipinski definition) is 3. The third-order valence-electron chi connectivity index (χ3n) is 6.01. The maximum absolute atomic E-state index is 14.4. The summed E-state index contributed by atoms with van der Waals surface area (Å²) in [6.45, 7) is 1.84. The average Bonchev–Trinajstić information content (AvgIpc) is 2.97. The Morgan fingerprint density at radius 1 is 1.07 bits per heavy atom. The van der Waals surface area contributed by atoms with Gasteiger partial charge >= 0.3 is 0 Å². The number of imide groups is 1. The van der Waals surface area contributed by atoms with Crippen molar-refractivity contribution in [1.82, 2.24) is 10.0 Å². The van der Waals surface area contributed by atoms with Crippen molar-refractivity contribution in [3.05, 3.63) is 70.5 Å². The van der Waals surface area contributed by atoms with Gasteiger partial charge < -0.3 is 0 Å². The summed E-state index contributed by atoms with van der Waals surface area (Å²) in [6.07, 6.45) is 2.11. The van der Waals surface area contributed by atoms with Gasteiger partial charge in [0.05, 0.1) is 18.4 Å². The molecule has 3 amide bonds. The first-order valence-electron chi connectivity index (χ1n) is 10.1. The molecule has 5 nitrogen and oxygen atoms in total. The highest BCUT2D eigenvalue weighted by Gasteiger charge is 2.52. The van der Waals surface area contributed by atoms with Crippen LogP contribution >= 0.6 is 11.6 Å². The smallest absolute Gasteiger partial charge is 0.272 e. The molecule has 156 valence electrons. The van der Waals surface area contributed by atoms with Crippen LogP contribution in [0.15, 0.2) is 48.5 Å². The molecule has 0 unspecified atom stereocenters. The Morgan fingerprint density at radius 2 is 1.73 bits per heavy atom. The van der Waals surface area contributed by atoms with Gasteiger partial charge in [0.1, 0.15) is 5.82 Å². The van der Waals surface area contributed by atoms with Crippen LogP contribution in [0.3, 0.4) is 0 Å². The van der Waals surface area contributed by atoms with E-state index in [4.69, 9.17) is 11.6 Å². The minimum atomic E-state index is -0.552. The van der Waals surface area contributed by atoms with E-state index in [0.717, 1.165) is 16.4 Å². The van der Waals surface area contributed by atoms with Crippen LogP contribution in [-0.2, 0) is 16.1 Å². The maximum Gasteiger partial charge on any atom is 0.273 e. The Kier molecular flexibility index (Phi) is 5.60. The molecular weight excluding hydrogens is 407 g/mol. The molecule has 4 rings (SSSR count). The molecule has 7 heteroatoms. The Bertz CT molecular complexity index is 994. The summed E-state index contributed by atoms with van der Waals surface area (Å²) in [7, 11) is 0. The van der Waals surface area contributed by atoms with Gasteiger partial charge in [-0.2, -0.15) is 5.01 Å². The topological polar surface area (TPSA) is 57.7 Å². The fraction of sp³-hybridized carbons (Fsp3) is 0.348. The monoisotopic (exact) mass is 428 g/mol. The van der Waals surface area contributed by atoms with E-state index in [0.29, 0.717) is 23.8 Å². The van der Waals surface area contributed by atoms with Crippen molar-refractivity contribution in [2.75, 3.05) is 0 Å². The van der Waals surface area contributed by atoms with Crippen LogP contribution in [0.5, 0.6) is 0 Å². The average molecular weight is 429 g/mol. The number of halogens is 2. The zero-order valence-corrected chi connectivity index (χ0v) is 17.3. The van der Waals surface area contributed by atoms with Crippen LogP contribution in [0, 0.1) is 23.6 Å². The lowest BCUT2D eigenvalue weighted by molar-refractivity contribution is -0.155. The lowest BCUT2D eigenvalue weighted by Crippen LogP contribution is -2.50. The molecule has 1 saturated heterocycles. The van der Waals surface area contributed by atoms with E-state index in [-0.39, 0.29) is 29.5 Å². The Labute approximate surface area is 179 Å². The first-order valence-corrected chi connectivity index (χ1v) is 10.4. The van der Waals surface area contributed by atoms with Gasteiger partial charge in [-0.1, -0.05) is 36.7 Å². The normalized spacial score (nSPS) is 23.4. The summed E-state index contributed by atoms with van der Waals surface area (Å²) in [5.74, 6) is -2.32. The first kappa shape index (κ1) is 20.5. The summed E-state index contributed by atoms with van der Waals surface area (Å²) in [5.41, 5.74) is 0.489. The quantitative estimate of drug-likeness (QED) is 0.675. The molecule has 2 aromatic carbocycles. The van der Waals surface area contributed by atoms with Crippen molar-refractivity contribution < 1.29 is 18.8 Å². The second-order valence-electron chi connectivity index (χ2n) is 8.08. The zero-order chi connectivity index (χ0) is 21.4. The number of rotatable bonds is 4. The van der Waals surface area contributed by atoms with E-state index in [1.807, 2.05) is 0 Å². The number of amides is 3. The van der Waals surface area contributed by atoms with E-state index in [2.05, 4.69) is 6.92 Å². The molecule has 0 N–H and O–H groups in total. The highest BCUT2D eigenvalue weighted by Crippen LogP contribution is 2.41. The number of hydrazine groups is 1. The number of fused-ring (bicyclic) bond motifs is 1. The largest absolute Gasteiger partial charge is 0.273 e. The van der Waals surface area contributed by atoms with E-state index in [1.54, 1.807) is 24.3 Å². The standard InChI is InChI=1S/C23H22ClFN2O3/c1-14-6-11-18-19(12-14)23(30)27(22(18)29)26(13-16-4-2-3-5-20(16)25)21(28)15-7-9-17(24)10-8-15/h2-5,7-10,14,18-19H,6,11-13H2,1H3/t14-,18-,19+/m1/s1. The van der Waals surface area contributed by atoms with Gasteiger partial charge in [0.15, 0.2) is 0 Å². The lowest BCUT2D eigenvalue weighted by atomic mass is 9.76. The SMILES string of the molecule is C[C@@H]1CC[C@H]2C(=O)N(N(Cc3ccccc3F)C(=O)c3ccc(Cl)cc3)C(=O)[C@H]2C1. The van der Waals surface area contributed by atoms with Crippen molar-refractivity contribution in [2.45, 2.75) is 32.7 Å². The van der Waals surface area contributed by atoms with Gasteiger partial charge in [-0.15, -0.1) is 0 Å². The number of nitrogens with zero attached hydrogens (tertiary/aromatic N) is 2. The molecule has 30 heavy (non-hydrogen) atoms. The van der Waals surface area contributed by atoms with Crippen molar-refractivity contribution in [1.29, 1.82) is 0 Å². The molecule has 2 fully saturated rings. The van der Waals surface area contributed by atoms with Gasteiger partial charge in [-0.05, 0) is 55.5 Å². The first-order chi connectivity index (χ1) is 14.4. The van der Waals surface area contributed by atoms with Crippen LogP contribution in [0.4, 0.5) is 4.39 Å². The van der Waals surface area contributed by atoms with Gasteiger partial charge in [-0.3, -0.25) is 14.4 Å². The molecule has 1 heterocycles. The predicted molar refractivity (Wildman–Crippen MR) is 110 cm³/mol. The van der Waals surface area contributed by atoms with Crippen molar-refractivity contribution in [2.24, 2.45) is 17.8 Å².